The van der Waals surface area contributed by atoms with Gasteiger partial charge in [0.15, 0.2) is 12.1 Å². The summed E-state index contributed by atoms with van der Waals surface area (Å²) >= 11 is 0. The number of nitrogens with two attached hydrogens (primary N) is 2. The van der Waals surface area contributed by atoms with Gasteiger partial charge in [-0.2, -0.15) is 0 Å². The van der Waals surface area contributed by atoms with Crippen molar-refractivity contribution in [3.05, 3.63) is 71.8 Å². The van der Waals surface area contributed by atoms with Crippen molar-refractivity contribution >= 4 is 0 Å². The minimum Gasteiger partial charge on any atom is -0.346 e. The van der Waals surface area contributed by atoms with E-state index in [1.165, 1.54) is 0 Å². The lowest BCUT2D eigenvalue weighted by atomic mass is 10.0. The van der Waals surface area contributed by atoms with Gasteiger partial charge in [-0.25, -0.2) is 0 Å². The Balaban J connectivity index is 1.73. The zero-order valence-corrected chi connectivity index (χ0v) is 17.4. The third kappa shape index (κ3) is 6.09. The van der Waals surface area contributed by atoms with Crippen molar-refractivity contribution in [3.63, 3.8) is 0 Å². The molecule has 4 atom stereocenters. The molecule has 3 rings (SSSR count). The van der Waals surface area contributed by atoms with Crippen molar-refractivity contribution in [2.45, 2.75) is 70.4 Å². The molecule has 1 heterocycles. The molecule has 0 spiro atoms. The molecule has 0 aliphatic carbocycles. The maximum Gasteiger partial charge on any atom is 0.176 e. The van der Waals surface area contributed by atoms with Crippen LogP contribution in [0.1, 0.15) is 31.9 Å². The SMILES string of the molecule is C[C@H](N)[C@H]1OC(C)(C)O[C@@H]1[C@@H](N)C(OCc1ccccc1)OCc1ccccc1. The molecule has 2 aromatic carbocycles. The maximum absolute atomic E-state index is 6.59. The van der Waals surface area contributed by atoms with E-state index >= 15 is 0 Å². The van der Waals surface area contributed by atoms with Crippen molar-refractivity contribution in [2.24, 2.45) is 11.5 Å². The van der Waals surface area contributed by atoms with E-state index in [2.05, 4.69) is 0 Å². The molecule has 29 heavy (non-hydrogen) atoms. The van der Waals surface area contributed by atoms with E-state index in [0.717, 1.165) is 11.1 Å². The fraction of sp³-hybridized carbons (Fsp3) is 0.478. The summed E-state index contributed by atoms with van der Waals surface area (Å²) in [6, 6.07) is 19.0. The Bertz CT molecular complexity index is 696. The summed E-state index contributed by atoms with van der Waals surface area (Å²) in [6.45, 7) is 6.38. The van der Waals surface area contributed by atoms with Crippen LogP contribution in [0.4, 0.5) is 0 Å². The first-order valence-electron chi connectivity index (χ1n) is 10.0. The molecule has 0 amide bonds. The first-order chi connectivity index (χ1) is 13.9. The molecular weight excluding hydrogens is 368 g/mol. The lowest BCUT2D eigenvalue weighted by Crippen LogP contribution is -2.54. The van der Waals surface area contributed by atoms with E-state index in [0.29, 0.717) is 13.2 Å². The van der Waals surface area contributed by atoms with Crippen LogP contribution >= 0.6 is 0 Å². The second-order valence-corrected chi connectivity index (χ2v) is 7.96. The summed E-state index contributed by atoms with van der Waals surface area (Å²) < 4.78 is 24.3. The number of rotatable bonds is 9. The van der Waals surface area contributed by atoms with Gasteiger partial charge < -0.3 is 30.4 Å². The van der Waals surface area contributed by atoms with Gasteiger partial charge in [0.25, 0.3) is 0 Å². The Morgan fingerprint density at radius 3 is 1.72 bits per heavy atom. The van der Waals surface area contributed by atoms with Crippen LogP contribution in [0.2, 0.25) is 0 Å². The minimum atomic E-state index is -0.760. The maximum atomic E-state index is 6.59. The van der Waals surface area contributed by atoms with Crippen molar-refractivity contribution in [1.29, 1.82) is 0 Å². The predicted molar refractivity (Wildman–Crippen MR) is 112 cm³/mol. The van der Waals surface area contributed by atoms with Crippen LogP contribution in [-0.4, -0.2) is 36.4 Å². The molecule has 1 saturated heterocycles. The number of hydrogen-bond donors (Lipinski definition) is 2. The van der Waals surface area contributed by atoms with E-state index in [4.69, 9.17) is 30.4 Å². The highest BCUT2D eigenvalue weighted by Crippen LogP contribution is 2.32. The first-order valence-corrected chi connectivity index (χ1v) is 10.0. The number of ether oxygens (including phenoxy) is 4. The average molecular weight is 401 g/mol. The molecule has 6 heteroatoms. The Kier molecular flexibility index (Phi) is 7.40. The Labute approximate surface area is 173 Å². The molecule has 0 unspecified atom stereocenters. The van der Waals surface area contributed by atoms with Gasteiger partial charge in [-0.1, -0.05) is 60.7 Å². The quantitative estimate of drug-likeness (QED) is 0.629. The molecular formula is C23H32N2O4. The molecule has 1 fully saturated rings. The van der Waals surface area contributed by atoms with Crippen LogP contribution in [-0.2, 0) is 32.2 Å². The summed E-state index contributed by atoms with van der Waals surface area (Å²) in [5.74, 6) is -0.760. The van der Waals surface area contributed by atoms with Gasteiger partial charge in [0.1, 0.15) is 12.2 Å². The van der Waals surface area contributed by atoms with Gasteiger partial charge in [0, 0.05) is 6.04 Å². The van der Waals surface area contributed by atoms with Crippen molar-refractivity contribution in [1.82, 2.24) is 0 Å². The molecule has 0 saturated carbocycles. The predicted octanol–water partition coefficient (Wildman–Crippen LogP) is 2.94. The third-order valence-corrected chi connectivity index (χ3v) is 4.89. The normalized spacial score (nSPS) is 23.2. The molecule has 4 N–H and O–H groups in total. The molecule has 6 nitrogen and oxygen atoms in total. The molecule has 1 aliphatic heterocycles. The standard InChI is InChI=1S/C23H32N2O4/c1-16(24)20-21(29-23(2,3)28-20)19(25)22(26-14-17-10-6-4-7-11-17)27-15-18-12-8-5-9-13-18/h4-13,16,19-22H,14-15,24-25H2,1-3H3/t16-,19+,20+,21+/m0/s1. The van der Waals surface area contributed by atoms with Crippen LogP contribution < -0.4 is 11.5 Å². The van der Waals surface area contributed by atoms with Crippen LogP contribution in [0.25, 0.3) is 0 Å². The zero-order chi connectivity index (χ0) is 20.9. The zero-order valence-electron chi connectivity index (χ0n) is 17.4. The summed E-state index contributed by atoms with van der Waals surface area (Å²) in [5, 5.41) is 0. The van der Waals surface area contributed by atoms with E-state index in [-0.39, 0.29) is 12.1 Å². The summed E-state index contributed by atoms with van der Waals surface area (Å²) in [4.78, 5) is 0. The highest BCUT2D eigenvalue weighted by Gasteiger charge is 2.48. The minimum absolute atomic E-state index is 0.239. The lowest BCUT2D eigenvalue weighted by molar-refractivity contribution is -0.194. The van der Waals surface area contributed by atoms with E-state index < -0.39 is 24.2 Å². The molecule has 0 radical (unpaired) electrons. The number of hydrogen-bond acceptors (Lipinski definition) is 6. The van der Waals surface area contributed by atoms with E-state index in [1.54, 1.807) is 0 Å². The van der Waals surface area contributed by atoms with Crippen LogP contribution in [0.3, 0.4) is 0 Å². The Hall–Kier alpha value is -1.80. The second-order valence-electron chi connectivity index (χ2n) is 7.96. The third-order valence-electron chi connectivity index (χ3n) is 4.89. The Morgan fingerprint density at radius 1 is 0.828 bits per heavy atom. The fourth-order valence-electron chi connectivity index (χ4n) is 3.45. The average Bonchev–Trinajstić information content (AvgIpc) is 3.05. The highest BCUT2D eigenvalue weighted by atomic mass is 16.8. The monoisotopic (exact) mass is 400 g/mol. The smallest absolute Gasteiger partial charge is 0.176 e. The van der Waals surface area contributed by atoms with Crippen molar-refractivity contribution in [3.8, 4) is 0 Å². The van der Waals surface area contributed by atoms with Gasteiger partial charge in [0.05, 0.1) is 19.3 Å². The van der Waals surface area contributed by atoms with Gasteiger partial charge in [0.2, 0.25) is 0 Å². The molecule has 0 aromatic heterocycles. The fourth-order valence-corrected chi connectivity index (χ4v) is 3.45. The second kappa shape index (κ2) is 9.80. The summed E-state index contributed by atoms with van der Waals surface area (Å²) in [6.07, 6.45) is -1.47. The first kappa shape index (κ1) is 21.9. The molecule has 2 aromatic rings. The molecule has 1 aliphatic rings. The van der Waals surface area contributed by atoms with Gasteiger partial charge in [-0.05, 0) is 31.9 Å². The number of benzene rings is 2. The van der Waals surface area contributed by atoms with E-state index in [1.807, 2.05) is 81.4 Å². The van der Waals surface area contributed by atoms with Gasteiger partial charge >= 0.3 is 0 Å². The summed E-state index contributed by atoms with van der Waals surface area (Å²) in [5.41, 5.74) is 14.8. The largest absolute Gasteiger partial charge is 0.346 e. The molecule has 0 bridgehead atoms. The topological polar surface area (TPSA) is 89.0 Å². The Morgan fingerprint density at radius 2 is 1.28 bits per heavy atom. The van der Waals surface area contributed by atoms with Crippen LogP contribution in [0.15, 0.2) is 60.7 Å². The van der Waals surface area contributed by atoms with E-state index in [9.17, 15) is 0 Å². The van der Waals surface area contributed by atoms with Crippen LogP contribution in [0, 0.1) is 0 Å². The van der Waals surface area contributed by atoms with Crippen molar-refractivity contribution in [2.75, 3.05) is 0 Å². The highest BCUT2D eigenvalue weighted by molar-refractivity contribution is 5.14. The lowest BCUT2D eigenvalue weighted by Gasteiger charge is -2.31. The van der Waals surface area contributed by atoms with Gasteiger partial charge in [-0.3, -0.25) is 0 Å². The van der Waals surface area contributed by atoms with Crippen molar-refractivity contribution < 1.29 is 18.9 Å². The summed E-state index contributed by atoms with van der Waals surface area (Å²) in [7, 11) is 0. The van der Waals surface area contributed by atoms with Crippen LogP contribution in [0.5, 0.6) is 0 Å². The molecule has 158 valence electrons. The van der Waals surface area contributed by atoms with Gasteiger partial charge in [-0.15, -0.1) is 0 Å².